The number of nitrogens with zero attached hydrogens (tertiary/aromatic N) is 6. The van der Waals surface area contributed by atoms with E-state index in [1.807, 2.05) is 0 Å². The predicted octanol–water partition coefficient (Wildman–Crippen LogP) is 4.55. The number of fused-ring (bicyclic) bond motifs is 1. The number of rotatable bonds is 6. The van der Waals surface area contributed by atoms with Gasteiger partial charge in [-0.1, -0.05) is 11.6 Å². The second kappa shape index (κ2) is 13.4. The van der Waals surface area contributed by atoms with Gasteiger partial charge in [-0.2, -0.15) is 5.10 Å². The van der Waals surface area contributed by atoms with E-state index in [2.05, 4.69) is 31.0 Å². The quantitative estimate of drug-likeness (QED) is 0.395. The second-order valence-electron chi connectivity index (χ2n) is 10.2. The van der Waals surface area contributed by atoms with Gasteiger partial charge in [0.1, 0.15) is 5.69 Å². The Morgan fingerprint density at radius 3 is 2.45 bits per heavy atom. The van der Waals surface area contributed by atoms with E-state index >= 15 is 0 Å². The lowest BCUT2D eigenvalue weighted by Crippen LogP contribution is -2.56. The number of alkyl halides is 6. The summed E-state index contributed by atoms with van der Waals surface area (Å²) in [6, 6.07) is 1.11. The van der Waals surface area contributed by atoms with Gasteiger partial charge in [0.15, 0.2) is 11.3 Å². The average molecular weight is 605 g/mol. The molecule has 1 aliphatic heterocycles. The molecule has 2 aliphatic carbocycles. The zero-order chi connectivity index (χ0) is 30.3. The number of carbonyl (C=O) groups is 2. The number of carbonyl (C=O) groups excluding carboxylic acids is 2. The smallest absolute Gasteiger partial charge is 0.318 e. The minimum atomic E-state index is -2.98. The Labute approximate surface area is 236 Å². The summed E-state index contributed by atoms with van der Waals surface area (Å²) in [5.74, 6) is -5.47. The summed E-state index contributed by atoms with van der Waals surface area (Å²) in [7, 11) is 0. The lowest BCUT2D eigenvalue weighted by molar-refractivity contribution is -0.0368. The lowest BCUT2D eigenvalue weighted by atomic mass is 9.97. The van der Waals surface area contributed by atoms with E-state index in [1.165, 1.54) is 10.7 Å². The summed E-state index contributed by atoms with van der Waals surface area (Å²) in [6.45, 7) is -2.96. The van der Waals surface area contributed by atoms with Crippen LogP contribution in [0.4, 0.5) is 31.1 Å². The second-order valence-corrected chi connectivity index (χ2v) is 10.2. The van der Waals surface area contributed by atoms with Crippen LogP contribution in [0.25, 0.3) is 5.65 Å². The van der Waals surface area contributed by atoms with Gasteiger partial charge < -0.3 is 15.5 Å². The van der Waals surface area contributed by atoms with Crippen molar-refractivity contribution in [3.05, 3.63) is 41.1 Å². The third-order valence-corrected chi connectivity index (χ3v) is 6.72. The van der Waals surface area contributed by atoms with Crippen LogP contribution in [-0.2, 0) is 13.1 Å². The summed E-state index contributed by atoms with van der Waals surface area (Å²) < 4.78 is 77.0. The van der Waals surface area contributed by atoms with Gasteiger partial charge in [0, 0.05) is 25.3 Å². The van der Waals surface area contributed by atoms with Crippen LogP contribution in [0.2, 0.25) is 0 Å². The number of hydrogen-bond donors (Lipinski definition) is 2. The molecule has 0 atom stereocenters. The third-order valence-electron chi connectivity index (χ3n) is 6.72. The fraction of sp³-hybridized carbons (Fsp3) is 0.600. The molecule has 11 nitrogen and oxygen atoms in total. The predicted molar refractivity (Wildman–Crippen MR) is 134 cm³/mol. The van der Waals surface area contributed by atoms with E-state index in [0.717, 1.165) is 24.2 Å². The van der Waals surface area contributed by atoms with E-state index in [0.29, 0.717) is 35.4 Å². The summed E-state index contributed by atoms with van der Waals surface area (Å²) in [4.78, 5) is 29.7. The molecule has 3 aromatic heterocycles. The number of amides is 3. The van der Waals surface area contributed by atoms with Crippen molar-refractivity contribution in [3.63, 3.8) is 0 Å². The standard InChI is InChI=1S/C18H18F2N8O3.C6H10F2.CH2F2/c19-18(20)8-22-17(30)27(9-18)6-10-3-13-24-12(7-28(13)23-4-10)5-21-16(29)15-14(11-1-2-11)25-31-26-15;7-6(8)4-2-1-3-5-6;2-1-3/h3-4,7,11H,1-2,5-6,8-9H2,(H,21,29)(H,22,30);1-5H2;1H2. The monoisotopic (exact) mass is 604 g/mol. The molecule has 0 bridgehead atoms. The molecule has 17 heteroatoms. The van der Waals surface area contributed by atoms with Crippen LogP contribution in [-0.4, -0.2) is 73.6 Å². The van der Waals surface area contributed by atoms with Gasteiger partial charge >= 0.3 is 6.03 Å². The zero-order valence-electron chi connectivity index (χ0n) is 22.5. The zero-order valence-corrected chi connectivity index (χ0v) is 22.5. The van der Waals surface area contributed by atoms with Crippen molar-refractivity contribution in [1.29, 1.82) is 0 Å². The molecule has 3 aliphatic rings. The van der Waals surface area contributed by atoms with Gasteiger partial charge in [-0.05, 0) is 42.5 Å². The fourth-order valence-electron chi connectivity index (χ4n) is 4.51. The molecule has 42 heavy (non-hydrogen) atoms. The largest absolute Gasteiger partial charge is 0.345 e. The number of hydrogen-bond acceptors (Lipinski definition) is 7. The molecule has 0 unspecified atom stereocenters. The maximum Gasteiger partial charge on any atom is 0.318 e. The highest BCUT2D eigenvalue weighted by Crippen LogP contribution is 2.40. The van der Waals surface area contributed by atoms with Crippen LogP contribution in [0, 0.1) is 0 Å². The first-order valence-corrected chi connectivity index (χ1v) is 13.3. The van der Waals surface area contributed by atoms with Crippen molar-refractivity contribution >= 4 is 17.6 Å². The van der Waals surface area contributed by atoms with E-state index in [9.17, 15) is 35.9 Å². The molecular weight excluding hydrogens is 574 g/mol. The molecule has 2 saturated carbocycles. The summed E-state index contributed by atoms with van der Waals surface area (Å²) in [5, 5.41) is 16.6. The minimum absolute atomic E-state index is 0.0209. The minimum Gasteiger partial charge on any atom is -0.345 e. The molecule has 3 fully saturated rings. The van der Waals surface area contributed by atoms with Crippen molar-refractivity contribution in [2.45, 2.75) is 75.8 Å². The van der Waals surface area contributed by atoms with E-state index < -0.39 is 43.8 Å². The molecule has 1 saturated heterocycles. The SMILES string of the molecule is FC1(F)CCCCC1.FCF.O=C(NCc1cn2ncc(CN3CC(F)(F)CNC3=O)cc2n1)c1nonc1C1CC1. The van der Waals surface area contributed by atoms with Gasteiger partial charge in [-0.3, -0.25) is 4.79 Å². The lowest BCUT2D eigenvalue weighted by Gasteiger charge is -2.32. The molecular formula is C25H30F6N8O3. The van der Waals surface area contributed by atoms with Crippen LogP contribution in [0.5, 0.6) is 0 Å². The third kappa shape index (κ3) is 8.55. The number of urea groups is 1. The number of imidazole rings is 1. The summed E-state index contributed by atoms with van der Waals surface area (Å²) in [5.41, 5.74) is 2.33. The Hall–Kier alpha value is -3.92. The van der Waals surface area contributed by atoms with Gasteiger partial charge in [-0.15, -0.1) is 0 Å². The molecule has 2 N–H and O–H groups in total. The fourth-order valence-corrected chi connectivity index (χ4v) is 4.51. The molecule has 4 heterocycles. The van der Waals surface area contributed by atoms with Crippen molar-refractivity contribution in [3.8, 4) is 0 Å². The molecule has 0 radical (unpaired) electrons. The van der Waals surface area contributed by atoms with Crippen LogP contribution in [0.15, 0.2) is 23.1 Å². The first-order chi connectivity index (χ1) is 20.0. The Balaban J connectivity index is 0.000000312. The average Bonchev–Trinajstić information content (AvgIpc) is 3.51. The van der Waals surface area contributed by atoms with Crippen LogP contribution in [0.1, 0.15) is 78.3 Å². The molecule has 6 rings (SSSR count). The van der Waals surface area contributed by atoms with Crippen LogP contribution < -0.4 is 10.6 Å². The highest BCUT2D eigenvalue weighted by Gasteiger charge is 2.39. The Morgan fingerprint density at radius 2 is 1.81 bits per heavy atom. The van der Waals surface area contributed by atoms with Gasteiger partial charge in [0.05, 0.1) is 37.7 Å². The maximum atomic E-state index is 13.6. The maximum absolute atomic E-state index is 13.6. The Morgan fingerprint density at radius 1 is 1.10 bits per heavy atom. The van der Waals surface area contributed by atoms with Crippen molar-refractivity contribution < 1.29 is 40.6 Å². The van der Waals surface area contributed by atoms with Crippen LogP contribution >= 0.6 is 0 Å². The first-order valence-electron chi connectivity index (χ1n) is 13.3. The van der Waals surface area contributed by atoms with E-state index in [-0.39, 0.29) is 37.5 Å². The number of halogens is 6. The van der Waals surface area contributed by atoms with Crippen molar-refractivity contribution in [1.82, 2.24) is 40.4 Å². The number of nitrogens with one attached hydrogen (secondary N) is 2. The van der Waals surface area contributed by atoms with Gasteiger partial charge in [-0.25, -0.2) is 45.3 Å². The Bertz CT molecular complexity index is 1350. The van der Waals surface area contributed by atoms with Gasteiger partial charge in [0.25, 0.3) is 11.8 Å². The molecule has 3 amide bonds. The van der Waals surface area contributed by atoms with Crippen molar-refractivity contribution in [2.75, 3.05) is 20.0 Å². The highest BCUT2D eigenvalue weighted by molar-refractivity contribution is 5.93. The Kier molecular flexibility index (Phi) is 9.88. The summed E-state index contributed by atoms with van der Waals surface area (Å²) in [6.07, 6.45) is 7.72. The molecule has 3 aromatic rings. The van der Waals surface area contributed by atoms with Gasteiger partial charge in [0.2, 0.25) is 12.9 Å². The molecule has 230 valence electrons. The van der Waals surface area contributed by atoms with E-state index in [4.69, 9.17) is 4.63 Å². The topological polar surface area (TPSA) is 131 Å². The molecule has 0 aromatic carbocycles. The van der Waals surface area contributed by atoms with Crippen molar-refractivity contribution in [2.24, 2.45) is 0 Å². The normalized spacial score (nSPS) is 19.2. The molecule has 0 spiro atoms. The summed E-state index contributed by atoms with van der Waals surface area (Å²) >= 11 is 0. The van der Waals surface area contributed by atoms with Crippen LogP contribution in [0.3, 0.4) is 0 Å². The van der Waals surface area contributed by atoms with E-state index in [1.54, 1.807) is 12.3 Å². The highest BCUT2D eigenvalue weighted by atomic mass is 19.3. The number of aromatic nitrogens is 5. The first kappa shape index (κ1) is 31.0.